The predicted octanol–water partition coefficient (Wildman–Crippen LogP) is 6.61. The number of nitrogens with one attached hydrogen (secondary N) is 1. The molecule has 0 unspecified atom stereocenters. The quantitative estimate of drug-likeness (QED) is 0.449. The van der Waals surface area contributed by atoms with Crippen molar-refractivity contribution in [1.82, 2.24) is 9.97 Å². The van der Waals surface area contributed by atoms with Crippen LogP contribution < -0.4 is 5.56 Å². The first-order valence-electron chi connectivity index (χ1n) is 11.4. The standard InChI is InChI=1S/C26H34N2O2S/c1-25(2,3)17-13-15(14-18(21(17)29)26(4,5)6)22-27-23(30)20-16-11-9-7-8-10-12-19(16)31-24(20)28-22/h13-14,29H,7-12H2,1-6H3,(H,27,28,30). The number of aromatic hydroxyl groups is 1. The Morgan fingerprint density at radius 3 is 2.10 bits per heavy atom. The van der Waals surface area contributed by atoms with E-state index in [0.717, 1.165) is 46.2 Å². The lowest BCUT2D eigenvalue weighted by Gasteiger charge is -2.28. The lowest BCUT2D eigenvalue weighted by Crippen LogP contribution is -2.18. The van der Waals surface area contributed by atoms with Crippen LogP contribution in [0.3, 0.4) is 0 Å². The number of hydrogen-bond acceptors (Lipinski definition) is 4. The lowest BCUT2D eigenvalue weighted by atomic mass is 9.78. The molecule has 166 valence electrons. The zero-order valence-corrected chi connectivity index (χ0v) is 20.4. The van der Waals surface area contributed by atoms with E-state index in [-0.39, 0.29) is 16.4 Å². The van der Waals surface area contributed by atoms with Crippen LogP contribution in [-0.2, 0) is 23.7 Å². The van der Waals surface area contributed by atoms with Gasteiger partial charge in [-0.25, -0.2) is 4.98 Å². The summed E-state index contributed by atoms with van der Waals surface area (Å²) in [5.74, 6) is 0.925. The summed E-state index contributed by atoms with van der Waals surface area (Å²) in [4.78, 5) is 23.4. The monoisotopic (exact) mass is 438 g/mol. The molecule has 4 nitrogen and oxygen atoms in total. The summed E-state index contributed by atoms with van der Waals surface area (Å²) in [5, 5.41) is 11.8. The molecule has 0 fully saturated rings. The maximum atomic E-state index is 13.2. The third kappa shape index (κ3) is 4.17. The van der Waals surface area contributed by atoms with Crippen molar-refractivity contribution in [3.63, 3.8) is 0 Å². The van der Waals surface area contributed by atoms with Gasteiger partial charge in [0.25, 0.3) is 5.56 Å². The second-order valence-electron chi connectivity index (χ2n) is 10.9. The molecular weight excluding hydrogens is 404 g/mol. The summed E-state index contributed by atoms with van der Waals surface area (Å²) < 4.78 is 0. The van der Waals surface area contributed by atoms with Crippen LogP contribution in [0.4, 0.5) is 0 Å². The van der Waals surface area contributed by atoms with E-state index in [4.69, 9.17) is 4.98 Å². The molecule has 0 aliphatic heterocycles. The Balaban J connectivity index is 1.94. The Morgan fingerprint density at radius 2 is 1.52 bits per heavy atom. The first-order valence-corrected chi connectivity index (χ1v) is 12.2. The molecule has 0 radical (unpaired) electrons. The van der Waals surface area contributed by atoms with Crippen LogP contribution in [0.25, 0.3) is 21.6 Å². The van der Waals surface area contributed by atoms with Gasteiger partial charge in [-0.1, -0.05) is 54.4 Å². The van der Waals surface area contributed by atoms with E-state index in [1.165, 1.54) is 29.7 Å². The molecule has 1 aromatic carbocycles. The Bertz CT molecular complexity index is 1150. The molecule has 4 rings (SSSR count). The van der Waals surface area contributed by atoms with E-state index in [1.54, 1.807) is 11.3 Å². The van der Waals surface area contributed by atoms with Crippen molar-refractivity contribution in [1.29, 1.82) is 0 Å². The smallest absolute Gasteiger partial charge is 0.260 e. The highest BCUT2D eigenvalue weighted by Gasteiger charge is 2.27. The van der Waals surface area contributed by atoms with E-state index in [9.17, 15) is 9.90 Å². The summed E-state index contributed by atoms with van der Waals surface area (Å²) in [6.07, 6.45) is 6.85. The van der Waals surface area contributed by atoms with Gasteiger partial charge in [0, 0.05) is 21.6 Å². The number of phenols is 1. The maximum Gasteiger partial charge on any atom is 0.260 e. The molecular formula is C26H34N2O2S. The fourth-order valence-electron chi connectivity index (χ4n) is 4.57. The van der Waals surface area contributed by atoms with Crippen LogP contribution in [0.1, 0.15) is 88.8 Å². The van der Waals surface area contributed by atoms with Crippen LogP contribution in [0, 0.1) is 0 Å². The van der Waals surface area contributed by atoms with Crippen LogP contribution >= 0.6 is 11.3 Å². The number of fused-ring (bicyclic) bond motifs is 3. The third-order valence-corrected chi connectivity index (χ3v) is 7.51. The number of nitrogens with zero attached hydrogens (tertiary/aromatic N) is 1. The molecule has 2 aromatic heterocycles. The van der Waals surface area contributed by atoms with Gasteiger partial charge in [-0.05, 0) is 54.2 Å². The molecule has 0 amide bonds. The summed E-state index contributed by atoms with van der Waals surface area (Å²) in [6, 6.07) is 3.97. The van der Waals surface area contributed by atoms with Crippen molar-refractivity contribution in [3.05, 3.63) is 44.1 Å². The van der Waals surface area contributed by atoms with Crippen molar-refractivity contribution >= 4 is 21.6 Å². The van der Waals surface area contributed by atoms with Gasteiger partial charge < -0.3 is 10.1 Å². The molecule has 0 saturated heterocycles. The van der Waals surface area contributed by atoms with E-state index in [1.807, 2.05) is 12.1 Å². The number of benzene rings is 1. The highest BCUT2D eigenvalue weighted by Crippen LogP contribution is 2.42. The minimum Gasteiger partial charge on any atom is -0.507 e. The molecule has 31 heavy (non-hydrogen) atoms. The predicted molar refractivity (Wildman–Crippen MR) is 131 cm³/mol. The number of thiophene rings is 1. The van der Waals surface area contributed by atoms with Crippen LogP contribution in [0.5, 0.6) is 5.75 Å². The second kappa shape index (κ2) is 7.77. The zero-order chi connectivity index (χ0) is 22.6. The van der Waals surface area contributed by atoms with E-state index < -0.39 is 0 Å². The number of aromatic amines is 1. The Kier molecular flexibility index (Phi) is 5.53. The fraction of sp³-hybridized carbons (Fsp3) is 0.538. The minimum atomic E-state index is -0.233. The van der Waals surface area contributed by atoms with Crippen molar-refractivity contribution < 1.29 is 5.11 Å². The second-order valence-corrected chi connectivity index (χ2v) is 12.0. The summed E-state index contributed by atoms with van der Waals surface area (Å²) >= 11 is 1.69. The van der Waals surface area contributed by atoms with Crippen LogP contribution in [0.2, 0.25) is 0 Å². The van der Waals surface area contributed by atoms with Gasteiger partial charge in [-0.15, -0.1) is 11.3 Å². The normalized spacial score (nSPS) is 15.5. The molecule has 2 N–H and O–H groups in total. The summed E-state index contributed by atoms with van der Waals surface area (Å²) in [5.41, 5.74) is 3.31. The number of hydrogen-bond donors (Lipinski definition) is 2. The third-order valence-electron chi connectivity index (χ3n) is 6.32. The van der Waals surface area contributed by atoms with Gasteiger partial charge in [-0.3, -0.25) is 4.79 Å². The average molecular weight is 439 g/mol. The average Bonchev–Trinajstić information content (AvgIpc) is 2.97. The Labute approximate surface area is 188 Å². The van der Waals surface area contributed by atoms with Crippen molar-refractivity contribution in [2.45, 2.75) is 90.9 Å². The molecule has 0 atom stereocenters. The number of rotatable bonds is 1. The number of H-pyrrole nitrogens is 1. The van der Waals surface area contributed by atoms with Crippen LogP contribution in [0.15, 0.2) is 16.9 Å². The Morgan fingerprint density at radius 1 is 0.935 bits per heavy atom. The lowest BCUT2D eigenvalue weighted by molar-refractivity contribution is 0.423. The van der Waals surface area contributed by atoms with Gasteiger partial charge in [0.2, 0.25) is 0 Å². The molecule has 1 aliphatic rings. The van der Waals surface area contributed by atoms with E-state index in [0.29, 0.717) is 11.6 Å². The number of aromatic nitrogens is 2. The van der Waals surface area contributed by atoms with Gasteiger partial charge in [0.05, 0.1) is 5.39 Å². The first-order chi connectivity index (χ1) is 14.5. The molecule has 0 bridgehead atoms. The highest BCUT2D eigenvalue weighted by atomic mass is 32.1. The van der Waals surface area contributed by atoms with Crippen molar-refractivity contribution in [2.24, 2.45) is 0 Å². The van der Waals surface area contributed by atoms with Gasteiger partial charge in [-0.2, -0.15) is 0 Å². The van der Waals surface area contributed by atoms with Crippen LogP contribution in [-0.4, -0.2) is 15.1 Å². The maximum absolute atomic E-state index is 13.2. The van der Waals surface area contributed by atoms with Crippen molar-refractivity contribution in [3.8, 4) is 17.1 Å². The van der Waals surface area contributed by atoms with E-state index in [2.05, 4.69) is 46.5 Å². The molecule has 3 aromatic rings. The molecule has 0 spiro atoms. The molecule has 1 aliphatic carbocycles. The molecule has 5 heteroatoms. The highest BCUT2D eigenvalue weighted by molar-refractivity contribution is 7.18. The van der Waals surface area contributed by atoms with Crippen molar-refractivity contribution in [2.75, 3.05) is 0 Å². The van der Waals surface area contributed by atoms with Gasteiger partial charge in [0.15, 0.2) is 0 Å². The first kappa shape index (κ1) is 22.1. The van der Waals surface area contributed by atoms with Gasteiger partial charge in [0.1, 0.15) is 16.4 Å². The summed E-state index contributed by atoms with van der Waals surface area (Å²) in [7, 11) is 0. The topological polar surface area (TPSA) is 66.0 Å². The Hall–Kier alpha value is -2.14. The molecule has 0 saturated carbocycles. The van der Waals surface area contributed by atoms with E-state index >= 15 is 0 Å². The zero-order valence-electron chi connectivity index (χ0n) is 19.6. The fourth-order valence-corrected chi connectivity index (χ4v) is 5.83. The number of aryl methyl sites for hydroxylation is 2. The SMILES string of the molecule is CC(C)(C)c1cc(-c2nc3sc4c(c3c(=O)[nH]2)CCCCCC4)cc(C(C)(C)C)c1O. The number of phenolic OH excluding ortho intramolecular Hbond substituents is 1. The molecule has 2 heterocycles. The largest absolute Gasteiger partial charge is 0.507 e. The minimum absolute atomic E-state index is 0.0410. The summed E-state index contributed by atoms with van der Waals surface area (Å²) in [6.45, 7) is 12.6. The van der Waals surface area contributed by atoms with Gasteiger partial charge >= 0.3 is 0 Å².